The van der Waals surface area contributed by atoms with Crippen LogP contribution in [0.4, 0.5) is 4.79 Å². The fourth-order valence-corrected chi connectivity index (χ4v) is 1.62. The SMILES string of the molecule is CCOC(=O)Oc1cn(-c2nccs2)cn1. The highest BCUT2D eigenvalue weighted by Crippen LogP contribution is 2.15. The molecular formula is C9H9N3O3S. The van der Waals surface area contributed by atoms with Crippen LogP contribution in [-0.4, -0.2) is 27.3 Å². The summed E-state index contributed by atoms with van der Waals surface area (Å²) in [6.07, 6.45) is 4.02. The molecule has 0 spiro atoms. The van der Waals surface area contributed by atoms with Gasteiger partial charge in [0, 0.05) is 11.6 Å². The highest BCUT2D eigenvalue weighted by atomic mass is 32.1. The molecule has 2 rings (SSSR count). The highest BCUT2D eigenvalue weighted by molar-refractivity contribution is 7.12. The van der Waals surface area contributed by atoms with E-state index >= 15 is 0 Å². The lowest BCUT2D eigenvalue weighted by Gasteiger charge is -1.99. The average molecular weight is 239 g/mol. The number of aromatic nitrogens is 3. The van der Waals surface area contributed by atoms with E-state index in [1.807, 2.05) is 5.38 Å². The van der Waals surface area contributed by atoms with Crippen LogP contribution in [0.15, 0.2) is 24.1 Å². The zero-order valence-corrected chi connectivity index (χ0v) is 9.31. The van der Waals surface area contributed by atoms with Crippen molar-refractivity contribution in [1.82, 2.24) is 14.5 Å². The van der Waals surface area contributed by atoms with Crippen molar-refractivity contribution >= 4 is 17.5 Å². The molecule has 0 radical (unpaired) electrons. The van der Waals surface area contributed by atoms with Gasteiger partial charge in [0.2, 0.25) is 5.88 Å². The topological polar surface area (TPSA) is 66.2 Å². The van der Waals surface area contributed by atoms with E-state index in [-0.39, 0.29) is 12.5 Å². The van der Waals surface area contributed by atoms with Crippen LogP contribution in [0, 0.1) is 0 Å². The number of ether oxygens (including phenoxy) is 2. The first kappa shape index (κ1) is 10.6. The minimum absolute atomic E-state index is 0.189. The Morgan fingerprint density at radius 3 is 3.12 bits per heavy atom. The Hall–Kier alpha value is -1.89. The van der Waals surface area contributed by atoms with Crippen molar-refractivity contribution in [1.29, 1.82) is 0 Å². The van der Waals surface area contributed by atoms with Crippen molar-refractivity contribution in [3.63, 3.8) is 0 Å². The van der Waals surface area contributed by atoms with Crippen molar-refractivity contribution in [2.75, 3.05) is 6.61 Å². The van der Waals surface area contributed by atoms with E-state index in [1.54, 1.807) is 23.9 Å². The summed E-state index contributed by atoms with van der Waals surface area (Å²) in [4.78, 5) is 19.0. The van der Waals surface area contributed by atoms with E-state index in [2.05, 4.69) is 14.7 Å². The number of carbonyl (C=O) groups is 1. The van der Waals surface area contributed by atoms with E-state index in [9.17, 15) is 4.79 Å². The summed E-state index contributed by atoms with van der Waals surface area (Å²) in [6.45, 7) is 1.97. The maximum atomic E-state index is 11.0. The Balaban J connectivity index is 2.06. The van der Waals surface area contributed by atoms with Crippen LogP contribution in [0.5, 0.6) is 5.88 Å². The summed E-state index contributed by atoms with van der Waals surface area (Å²) in [6, 6.07) is 0. The summed E-state index contributed by atoms with van der Waals surface area (Å²) < 4.78 is 11.1. The summed E-state index contributed by atoms with van der Waals surface area (Å²) in [5, 5.41) is 2.60. The number of hydrogen-bond acceptors (Lipinski definition) is 6. The predicted octanol–water partition coefficient (Wildman–Crippen LogP) is 1.86. The first-order chi connectivity index (χ1) is 7.79. The van der Waals surface area contributed by atoms with Crippen molar-refractivity contribution < 1.29 is 14.3 Å². The van der Waals surface area contributed by atoms with Gasteiger partial charge in [-0.3, -0.25) is 4.57 Å². The highest BCUT2D eigenvalue weighted by Gasteiger charge is 2.08. The molecule has 0 saturated heterocycles. The maximum absolute atomic E-state index is 11.0. The van der Waals surface area contributed by atoms with Crippen molar-refractivity contribution in [3.05, 3.63) is 24.1 Å². The van der Waals surface area contributed by atoms with Crippen molar-refractivity contribution in [3.8, 4) is 11.0 Å². The van der Waals surface area contributed by atoms with Crippen molar-refractivity contribution in [2.45, 2.75) is 6.92 Å². The van der Waals surface area contributed by atoms with Gasteiger partial charge in [-0.2, -0.15) is 0 Å². The number of imidazole rings is 1. The first-order valence-corrected chi connectivity index (χ1v) is 5.46. The fourth-order valence-electron chi connectivity index (χ4n) is 1.04. The Morgan fingerprint density at radius 1 is 1.56 bits per heavy atom. The Kier molecular flexibility index (Phi) is 3.16. The lowest BCUT2D eigenvalue weighted by Crippen LogP contribution is -2.10. The smallest absolute Gasteiger partial charge is 0.434 e. The van der Waals surface area contributed by atoms with Gasteiger partial charge in [0.15, 0.2) is 5.13 Å². The van der Waals surface area contributed by atoms with Gasteiger partial charge < -0.3 is 9.47 Å². The Labute approximate surface area is 95.5 Å². The molecule has 0 bridgehead atoms. The third-order valence-electron chi connectivity index (χ3n) is 1.65. The summed E-state index contributed by atoms with van der Waals surface area (Å²) in [5.41, 5.74) is 0. The fraction of sp³-hybridized carbons (Fsp3) is 0.222. The van der Waals surface area contributed by atoms with Gasteiger partial charge >= 0.3 is 6.16 Å². The molecule has 0 fully saturated rings. The molecule has 0 aliphatic heterocycles. The Bertz CT molecular complexity index is 466. The van der Waals surface area contributed by atoms with E-state index in [0.717, 1.165) is 5.13 Å². The zero-order chi connectivity index (χ0) is 11.4. The molecule has 7 heteroatoms. The molecular weight excluding hydrogens is 230 g/mol. The Morgan fingerprint density at radius 2 is 2.44 bits per heavy atom. The van der Waals surface area contributed by atoms with E-state index < -0.39 is 6.16 Å². The van der Waals surface area contributed by atoms with Gasteiger partial charge in [-0.15, -0.1) is 11.3 Å². The van der Waals surface area contributed by atoms with Gasteiger partial charge in [0.1, 0.15) is 6.33 Å². The molecule has 84 valence electrons. The summed E-state index contributed by atoms with van der Waals surface area (Å²) >= 11 is 1.46. The molecule has 0 atom stereocenters. The second kappa shape index (κ2) is 4.75. The quantitative estimate of drug-likeness (QED) is 0.765. The van der Waals surface area contributed by atoms with E-state index in [0.29, 0.717) is 0 Å². The maximum Gasteiger partial charge on any atom is 0.515 e. The molecule has 2 aromatic rings. The molecule has 2 heterocycles. The van der Waals surface area contributed by atoms with Gasteiger partial charge in [0.25, 0.3) is 0 Å². The number of nitrogens with zero attached hydrogens (tertiary/aromatic N) is 3. The monoisotopic (exact) mass is 239 g/mol. The molecule has 0 saturated carbocycles. The number of thiazole rings is 1. The first-order valence-electron chi connectivity index (χ1n) is 4.58. The van der Waals surface area contributed by atoms with E-state index in [1.165, 1.54) is 17.7 Å². The van der Waals surface area contributed by atoms with Crippen LogP contribution in [0.1, 0.15) is 6.92 Å². The van der Waals surface area contributed by atoms with Gasteiger partial charge in [-0.05, 0) is 6.92 Å². The van der Waals surface area contributed by atoms with Crippen LogP contribution in [0.25, 0.3) is 5.13 Å². The van der Waals surface area contributed by atoms with Crippen LogP contribution < -0.4 is 4.74 Å². The van der Waals surface area contributed by atoms with Crippen LogP contribution in [0.3, 0.4) is 0 Å². The zero-order valence-electron chi connectivity index (χ0n) is 8.49. The summed E-state index contributed by atoms with van der Waals surface area (Å²) in [7, 11) is 0. The molecule has 0 aliphatic rings. The van der Waals surface area contributed by atoms with Gasteiger partial charge in [0.05, 0.1) is 12.8 Å². The number of hydrogen-bond donors (Lipinski definition) is 0. The number of carbonyl (C=O) groups excluding carboxylic acids is 1. The molecule has 2 aromatic heterocycles. The van der Waals surface area contributed by atoms with Crippen LogP contribution in [-0.2, 0) is 4.74 Å². The molecule has 16 heavy (non-hydrogen) atoms. The third-order valence-corrected chi connectivity index (χ3v) is 2.43. The van der Waals surface area contributed by atoms with Crippen molar-refractivity contribution in [2.24, 2.45) is 0 Å². The molecule has 0 amide bonds. The van der Waals surface area contributed by atoms with Gasteiger partial charge in [-0.25, -0.2) is 14.8 Å². The average Bonchev–Trinajstić information content (AvgIpc) is 2.86. The van der Waals surface area contributed by atoms with Crippen LogP contribution in [0.2, 0.25) is 0 Å². The van der Waals surface area contributed by atoms with Crippen LogP contribution >= 0.6 is 11.3 Å². The normalized spacial score (nSPS) is 10.1. The minimum atomic E-state index is -0.758. The molecule has 0 unspecified atom stereocenters. The predicted molar refractivity (Wildman–Crippen MR) is 56.9 cm³/mol. The third kappa shape index (κ3) is 2.37. The lowest BCUT2D eigenvalue weighted by molar-refractivity contribution is 0.103. The summed E-state index contributed by atoms with van der Waals surface area (Å²) in [5.74, 6) is 0.189. The second-order valence-corrected chi connectivity index (χ2v) is 3.59. The molecule has 0 aliphatic carbocycles. The molecule has 6 nitrogen and oxygen atoms in total. The molecule has 0 N–H and O–H groups in total. The number of rotatable bonds is 3. The second-order valence-electron chi connectivity index (χ2n) is 2.72. The van der Waals surface area contributed by atoms with Gasteiger partial charge in [-0.1, -0.05) is 0 Å². The standard InChI is InChI=1S/C9H9N3O3S/c1-2-14-9(13)15-7-5-12(6-11-7)8-10-3-4-16-8/h3-6H,2H2,1H3. The minimum Gasteiger partial charge on any atom is -0.434 e. The molecule has 0 aromatic carbocycles. The largest absolute Gasteiger partial charge is 0.515 e. The van der Waals surface area contributed by atoms with E-state index in [4.69, 9.17) is 4.74 Å². The lowest BCUT2D eigenvalue weighted by atomic mass is 10.8.